The lowest BCUT2D eigenvalue weighted by Crippen LogP contribution is -2.06. The molecule has 0 N–H and O–H groups in total. The fourth-order valence-corrected chi connectivity index (χ4v) is 2.45. The number of aromatic nitrogens is 3. The fraction of sp³-hybridized carbons (Fsp3) is 0.200. The maximum atomic E-state index is 13.0. The summed E-state index contributed by atoms with van der Waals surface area (Å²) in [5.41, 5.74) is 0.346. The zero-order valence-electron chi connectivity index (χ0n) is 11.9. The van der Waals surface area contributed by atoms with E-state index in [0.717, 1.165) is 12.1 Å². The third-order valence-electron chi connectivity index (χ3n) is 3.23. The molecular weight excluding hydrogens is 331 g/mol. The van der Waals surface area contributed by atoms with Crippen molar-refractivity contribution in [3.05, 3.63) is 47.4 Å². The molecule has 2 aromatic heterocycles. The second kappa shape index (κ2) is 5.73. The Morgan fingerprint density at radius 1 is 1.22 bits per heavy atom. The molecule has 0 aliphatic rings. The molecule has 120 valence electrons. The fourth-order valence-electron chi connectivity index (χ4n) is 2.29. The Kier molecular flexibility index (Phi) is 3.89. The van der Waals surface area contributed by atoms with Crippen molar-refractivity contribution in [2.24, 2.45) is 0 Å². The van der Waals surface area contributed by atoms with Crippen molar-refractivity contribution in [2.45, 2.75) is 13.1 Å². The van der Waals surface area contributed by atoms with Crippen LogP contribution in [0.15, 0.2) is 36.5 Å². The van der Waals surface area contributed by atoms with Gasteiger partial charge in [0, 0.05) is 17.3 Å². The SMILES string of the molecule is CCOc1ccc(C(F)(F)F)cc1-c1cccn2nc(Cl)nc12. The molecule has 0 radical (unpaired) electrons. The molecule has 3 aromatic rings. The predicted molar refractivity (Wildman–Crippen MR) is 79.6 cm³/mol. The standard InChI is InChI=1S/C15H11ClF3N3O/c1-2-23-12-6-5-9(15(17,18)19)8-11(12)10-4-3-7-22-13(10)20-14(16)21-22/h3-8H,2H2,1H3. The van der Waals surface area contributed by atoms with Crippen LogP contribution in [-0.2, 0) is 6.18 Å². The summed E-state index contributed by atoms with van der Waals surface area (Å²) in [6.45, 7) is 2.09. The number of ether oxygens (including phenoxy) is 1. The third-order valence-corrected chi connectivity index (χ3v) is 3.39. The van der Waals surface area contributed by atoms with Gasteiger partial charge in [-0.15, -0.1) is 5.10 Å². The van der Waals surface area contributed by atoms with Crippen LogP contribution in [0, 0.1) is 0 Å². The Morgan fingerprint density at radius 3 is 2.70 bits per heavy atom. The van der Waals surface area contributed by atoms with Crippen LogP contribution in [-0.4, -0.2) is 21.2 Å². The highest BCUT2D eigenvalue weighted by Crippen LogP contribution is 2.38. The van der Waals surface area contributed by atoms with Crippen LogP contribution in [0.25, 0.3) is 16.8 Å². The van der Waals surface area contributed by atoms with Gasteiger partial charge in [0.2, 0.25) is 5.28 Å². The Labute approximate surface area is 134 Å². The molecule has 3 rings (SSSR count). The monoisotopic (exact) mass is 341 g/mol. The molecule has 0 unspecified atom stereocenters. The molecule has 23 heavy (non-hydrogen) atoms. The molecule has 0 saturated carbocycles. The summed E-state index contributed by atoms with van der Waals surface area (Å²) < 4.78 is 45.9. The van der Waals surface area contributed by atoms with E-state index in [2.05, 4.69) is 10.1 Å². The second-order valence-electron chi connectivity index (χ2n) is 4.71. The van der Waals surface area contributed by atoms with E-state index in [1.165, 1.54) is 10.6 Å². The van der Waals surface area contributed by atoms with Gasteiger partial charge in [0.15, 0.2) is 5.65 Å². The highest BCUT2D eigenvalue weighted by molar-refractivity contribution is 6.28. The molecule has 0 aliphatic heterocycles. The van der Waals surface area contributed by atoms with E-state index in [0.29, 0.717) is 23.6 Å². The molecule has 0 spiro atoms. The van der Waals surface area contributed by atoms with Gasteiger partial charge < -0.3 is 4.74 Å². The maximum absolute atomic E-state index is 13.0. The summed E-state index contributed by atoms with van der Waals surface area (Å²) in [5, 5.41) is 3.97. The van der Waals surface area contributed by atoms with Crippen molar-refractivity contribution < 1.29 is 17.9 Å². The number of rotatable bonds is 3. The summed E-state index contributed by atoms with van der Waals surface area (Å²) in [5.74, 6) is 0.340. The average Bonchev–Trinajstić information content (AvgIpc) is 2.87. The smallest absolute Gasteiger partial charge is 0.416 e. The lowest BCUT2D eigenvalue weighted by atomic mass is 10.0. The molecular formula is C15H11ClF3N3O. The minimum absolute atomic E-state index is 0.0161. The van der Waals surface area contributed by atoms with Gasteiger partial charge in [0.05, 0.1) is 12.2 Å². The van der Waals surface area contributed by atoms with Crippen molar-refractivity contribution >= 4 is 17.2 Å². The van der Waals surface area contributed by atoms with E-state index < -0.39 is 11.7 Å². The normalized spacial score (nSPS) is 11.9. The van der Waals surface area contributed by atoms with E-state index in [-0.39, 0.29) is 10.8 Å². The summed E-state index contributed by atoms with van der Waals surface area (Å²) in [6, 6.07) is 6.65. The van der Waals surface area contributed by atoms with Crippen LogP contribution in [0.5, 0.6) is 5.75 Å². The second-order valence-corrected chi connectivity index (χ2v) is 5.05. The average molecular weight is 342 g/mol. The molecule has 2 heterocycles. The summed E-state index contributed by atoms with van der Waals surface area (Å²) in [4.78, 5) is 4.06. The number of benzene rings is 1. The van der Waals surface area contributed by atoms with Crippen molar-refractivity contribution in [1.29, 1.82) is 0 Å². The highest BCUT2D eigenvalue weighted by Gasteiger charge is 2.31. The van der Waals surface area contributed by atoms with E-state index in [4.69, 9.17) is 16.3 Å². The van der Waals surface area contributed by atoms with Gasteiger partial charge in [-0.05, 0) is 48.9 Å². The minimum atomic E-state index is -4.45. The predicted octanol–water partition coefficient (Wildman–Crippen LogP) is 4.47. The Bertz CT molecular complexity index is 861. The zero-order chi connectivity index (χ0) is 16.6. The van der Waals surface area contributed by atoms with Gasteiger partial charge in [-0.2, -0.15) is 18.2 Å². The molecule has 0 atom stereocenters. The van der Waals surface area contributed by atoms with Crippen LogP contribution in [0.2, 0.25) is 5.28 Å². The highest BCUT2D eigenvalue weighted by atomic mass is 35.5. The van der Waals surface area contributed by atoms with Crippen LogP contribution < -0.4 is 4.74 Å². The molecule has 1 aromatic carbocycles. The Balaban J connectivity index is 2.26. The molecule has 0 amide bonds. The van der Waals surface area contributed by atoms with Crippen molar-refractivity contribution in [3.8, 4) is 16.9 Å². The largest absolute Gasteiger partial charge is 0.493 e. The topological polar surface area (TPSA) is 39.4 Å². The molecule has 8 heteroatoms. The van der Waals surface area contributed by atoms with E-state index in [9.17, 15) is 13.2 Å². The van der Waals surface area contributed by atoms with Gasteiger partial charge >= 0.3 is 6.18 Å². The number of alkyl halides is 3. The molecule has 0 fully saturated rings. The van der Waals surface area contributed by atoms with Gasteiger partial charge in [0.25, 0.3) is 0 Å². The third kappa shape index (κ3) is 2.96. The summed E-state index contributed by atoms with van der Waals surface area (Å²) in [6.07, 6.45) is -2.83. The minimum Gasteiger partial charge on any atom is -0.493 e. The van der Waals surface area contributed by atoms with Crippen LogP contribution in [0.4, 0.5) is 13.2 Å². The first-order chi connectivity index (χ1) is 10.9. The van der Waals surface area contributed by atoms with Gasteiger partial charge in [-0.25, -0.2) is 4.52 Å². The molecule has 0 aliphatic carbocycles. The van der Waals surface area contributed by atoms with E-state index in [1.807, 2.05) is 0 Å². The summed E-state index contributed by atoms with van der Waals surface area (Å²) >= 11 is 5.79. The number of fused-ring (bicyclic) bond motifs is 1. The number of hydrogen-bond donors (Lipinski definition) is 0. The van der Waals surface area contributed by atoms with Crippen molar-refractivity contribution in [3.63, 3.8) is 0 Å². The van der Waals surface area contributed by atoms with Gasteiger partial charge in [0.1, 0.15) is 5.75 Å². The Hall–Kier alpha value is -2.28. The molecule has 0 bridgehead atoms. The summed E-state index contributed by atoms with van der Waals surface area (Å²) in [7, 11) is 0. The van der Waals surface area contributed by atoms with Crippen molar-refractivity contribution in [2.75, 3.05) is 6.61 Å². The van der Waals surface area contributed by atoms with E-state index >= 15 is 0 Å². The maximum Gasteiger partial charge on any atom is 0.416 e. The first-order valence-corrected chi connectivity index (χ1v) is 7.13. The van der Waals surface area contributed by atoms with Gasteiger partial charge in [-0.3, -0.25) is 0 Å². The number of nitrogens with zero attached hydrogens (tertiary/aromatic N) is 3. The lowest BCUT2D eigenvalue weighted by molar-refractivity contribution is -0.137. The van der Waals surface area contributed by atoms with Crippen LogP contribution >= 0.6 is 11.6 Å². The quantitative estimate of drug-likeness (QED) is 0.705. The molecule has 4 nitrogen and oxygen atoms in total. The van der Waals surface area contributed by atoms with Crippen LogP contribution in [0.1, 0.15) is 12.5 Å². The molecule has 0 saturated heterocycles. The Morgan fingerprint density at radius 2 is 2.00 bits per heavy atom. The first-order valence-electron chi connectivity index (χ1n) is 6.75. The zero-order valence-corrected chi connectivity index (χ0v) is 12.7. The van der Waals surface area contributed by atoms with Gasteiger partial charge in [-0.1, -0.05) is 0 Å². The number of hydrogen-bond acceptors (Lipinski definition) is 3. The van der Waals surface area contributed by atoms with E-state index in [1.54, 1.807) is 25.3 Å². The van der Waals surface area contributed by atoms with Crippen LogP contribution in [0.3, 0.4) is 0 Å². The number of halogens is 4. The first kappa shape index (κ1) is 15.6. The lowest BCUT2D eigenvalue weighted by Gasteiger charge is -2.14. The van der Waals surface area contributed by atoms with Crippen molar-refractivity contribution in [1.82, 2.24) is 14.6 Å². The number of pyridine rings is 1.